The molecule has 0 unspecified atom stereocenters. The molecular formula is C8H12Br2. The zero-order valence-electron chi connectivity index (χ0n) is 6.49. The van der Waals surface area contributed by atoms with Gasteiger partial charge in [0.1, 0.15) is 0 Å². The van der Waals surface area contributed by atoms with Crippen LogP contribution in [0.2, 0.25) is 0 Å². The van der Waals surface area contributed by atoms with Crippen molar-refractivity contribution in [2.45, 2.75) is 25.1 Å². The summed E-state index contributed by atoms with van der Waals surface area (Å²) in [5, 5.41) is 0. The van der Waals surface area contributed by atoms with Gasteiger partial charge >= 0.3 is 0 Å². The zero-order chi connectivity index (χ0) is 7.94. The Hall–Kier alpha value is 0.700. The highest BCUT2D eigenvalue weighted by Crippen LogP contribution is 2.62. The Kier molecular flexibility index (Phi) is 2.31. The molecule has 58 valence electrons. The predicted octanol–water partition coefficient (Wildman–Crippen LogP) is 3.70. The molecule has 0 N–H and O–H groups in total. The normalized spacial score (nSPS) is 47.5. The standard InChI is InChI=1S/C8H12Br2/c1-4-7(9)8(10)5(2)6(8)3/h4-6H,1-3H3/b7-4-/t5-,6-/m1/s1. The lowest BCUT2D eigenvalue weighted by Gasteiger charge is -2.05. The summed E-state index contributed by atoms with van der Waals surface area (Å²) in [6.07, 6.45) is 2.12. The van der Waals surface area contributed by atoms with E-state index in [1.165, 1.54) is 4.48 Å². The minimum absolute atomic E-state index is 0.266. The fourth-order valence-electron chi connectivity index (χ4n) is 1.38. The van der Waals surface area contributed by atoms with Crippen molar-refractivity contribution in [2.75, 3.05) is 0 Å². The molecule has 0 heterocycles. The first-order valence-electron chi connectivity index (χ1n) is 3.56. The maximum absolute atomic E-state index is 3.73. The maximum Gasteiger partial charge on any atom is 0.0625 e. The summed E-state index contributed by atoms with van der Waals surface area (Å²) in [7, 11) is 0. The molecule has 2 heteroatoms. The van der Waals surface area contributed by atoms with Gasteiger partial charge in [0.15, 0.2) is 0 Å². The quantitative estimate of drug-likeness (QED) is 0.636. The predicted molar refractivity (Wildman–Crippen MR) is 52.7 cm³/mol. The van der Waals surface area contributed by atoms with Crippen LogP contribution in [0.3, 0.4) is 0 Å². The zero-order valence-corrected chi connectivity index (χ0v) is 9.66. The summed E-state index contributed by atoms with van der Waals surface area (Å²) in [6.45, 7) is 6.60. The first-order chi connectivity index (χ1) is 4.55. The van der Waals surface area contributed by atoms with Crippen LogP contribution in [0.25, 0.3) is 0 Å². The van der Waals surface area contributed by atoms with Gasteiger partial charge < -0.3 is 0 Å². The van der Waals surface area contributed by atoms with E-state index in [4.69, 9.17) is 0 Å². The average Bonchev–Trinajstić information content (AvgIpc) is 2.41. The number of rotatable bonds is 1. The van der Waals surface area contributed by atoms with Gasteiger partial charge in [-0.05, 0) is 18.8 Å². The van der Waals surface area contributed by atoms with E-state index in [9.17, 15) is 0 Å². The summed E-state index contributed by atoms with van der Waals surface area (Å²) in [5.74, 6) is 1.52. The van der Waals surface area contributed by atoms with Crippen LogP contribution in [0, 0.1) is 11.8 Å². The molecule has 1 aliphatic carbocycles. The Balaban J connectivity index is 2.75. The molecule has 0 radical (unpaired) electrons. The third-order valence-corrected chi connectivity index (χ3v) is 6.10. The number of hydrogen-bond acceptors (Lipinski definition) is 0. The highest BCUT2D eigenvalue weighted by atomic mass is 79.9. The summed E-state index contributed by atoms with van der Waals surface area (Å²) in [6, 6.07) is 0. The smallest absolute Gasteiger partial charge is 0.0625 e. The van der Waals surface area contributed by atoms with Crippen molar-refractivity contribution in [3.05, 3.63) is 10.6 Å². The molecule has 1 aliphatic rings. The second kappa shape index (κ2) is 2.63. The van der Waals surface area contributed by atoms with Gasteiger partial charge in [0.25, 0.3) is 0 Å². The lowest BCUT2D eigenvalue weighted by atomic mass is 10.3. The van der Waals surface area contributed by atoms with Crippen LogP contribution in [0.1, 0.15) is 20.8 Å². The first-order valence-corrected chi connectivity index (χ1v) is 5.15. The van der Waals surface area contributed by atoms with Gasteiger partial charge in [-0.1, -0.05) is 51.8 Å². The van der Waals surface area contributed by atoms with Crippen molar-refractivity contribution < 1.29 is 0 Å². The van der Waals surface area contributed by atoms with E-state index in [0.717, 1.165) is 11.8 Å². The molecule has 0 aromatic rings. The molecule has 10 heavy (non-hydrogen) atoms. The molecule has 1 fully saturated rings. The van der Waals surface area contributed by atoms with Crippen LogP contribution in [-0.4, -0.2) is 4.32 Å². The second-order valence-corrected chi connectivity index (χ2v) is 5.15. The molecule has 1 saturated carbocycles. The summed E-state index contributed by atoms with van der Waals surface area (Å²) in [4.78, 5) is 0. The van der Waals surface area contributed by atoms with Crippen LogP contribution < -0.4 is 0 Å². The SMILES string of the molecule is C/C=C(\Br)C1(Br)[C@H](C)[C@H]1C. The van der Waals surface area contributed by atoms with Crippen LogP contribution in [0.15, 0.2) is 10.6 Å². The molecule has 0 aromatic heterocycles. The van der Waals surface area contributed by atoms with Crippen molar-refractivity contribution >= 4 is 31.9 Å². The van der Waals surface area contributed by atoms with Crippen molar-refractivity contribution in [3.8, 4) is 0 Å². The fourth-order valence-corrected chi connectivity index (χ4v) is 2.99. The van der Waals surface area contributed by atoms with E-state index in [0.29, 0.717) is 0 Å². The molecule has 0 aromatic carbocycles. The Morgan fingerprint density at radius 3 is 1.90 bits per heavy atom. The first kappa shape index (κ1) is 8.79. The van der Waals surface area contributed by atoms with Gasteiger partial charge in [-0.15, -0.1) is 0 Å². The summed E-state index contributed by atoms with van der Waals surface area (Å²) in [5.41, 5.74) is 0. The molecule has 0 nitrogen and oxygen atoms in total. The minimum Gasteiger partial charge on any atom is -0.0789 e. The molecule has 0 spiro atoms. The molecular weight excluding hydrogens is 256 g/mol. The van der Waals surface area contributed by atoms with Gasteiger partial charge in [-0.2, -0.15) is 0 Å². The Morgan fingerprint density at radius 2 is 1.80 bits per heavy atom. The van der Waals surface area contributed by atoms with E-state index < -0.39 is 0 Å². The van der Waals surface area contributed by atoms with Gasteiger partial charge in [0.2, 0.25) is 0 Å². The van der Waals surface area contributed by atoms with E-state index in [2.05, 4.69) is 58.7 Å². The van der Waals surface area contributed by atoms with E-state index in [1.807, 2.05) is 0 Å². The Morgan fingerprint density at radius 1 is 1.40 bits per heavy atom. The van der Waals surface area contributed by atoms with Crippen LogP contribution >= 0.6 is 31.9 Å². The molecule has 0 aliphatic heterocycles. The molecule has 2 atom stereocenters. The van der Waals surface area contributed by atoms with Crippen molar-refractivity contribution in [1.29, 1.82) is 0 Å². The second-order valence-electron chi connectivity index (χ2n) is 2.98. The van der Waals surface area contributed by atoms with Gasteiger partial charge in [-0.3, -0.25) is 0 Å². The average molecular weight is 268 g/mol. The van der Waals surface area contributed by atoms with Gasteiger partial charge in [-0.25, -0.2) is 0 Å². The van der Waals surface area contributed by atoms with E-state index >= 15 is 0 Å². The van der Waals surface area contributed by atoms with E-state index in [1.54, 1.807) is 0 Å². The van der Waals surface area contributed by atoms with Gasteiger partial charge in [0, 0.05) is 4.48 Å². The topological polar surface area (TPSA) is 0 Å². The molecule has 1 rings (SSSR count). The number of halogens is 2. The summed E-state index contributed by atoms with van der Waals surface area (Å²) >= 11 is 7.29. The Bertz CT molecular complexity index is 164. The molecule has 0 saturated heterocycles. The van der Waals surface area contributed by atoms with Gasteiger partial charge in [0.05, 0.1) is 4.32 Å². The number of hydrogen-bond donors (Lipinski definition) is 0. The highest BCUT2D eigenvalue weighted by molar-refractivity contribution is 9.14. The lowest BCUT2D eigenvalue weighted by Crippen LogP contribution is -2.00. The fraction of sp³-hybridized carbons (Fsp3) is 0.750. The molecule has 0 amide bonds. The van der Waals surface area contributed by atoms with Crippen molar-refractivity contribution in [3.63, 3.8) is 0 Å². The van der Waals surface area contributed by atoms with Crippen molar-refractivity contribution in [1.82, 2.24) is 0 Å². The lowest BCUT2D eigenvalue weighted by molar-refractivity contribution is 0.834. The largest absolute Gasteiger partial charge is 0.0789 e. The minimum atomic E-state index is 0.266. The Labute approximate surface area is 79.3 Å². The third-order valence-electron chi connectivity index (χ3n) is 2.59. The van der Waals surface area contributed by atoms with Crippen LogP contribution in [0.5, 0.6) is 0 Å². The number of allylic oxidation sites excluding steroid dienone is 2. The van der Waals surface area contributed by atoms with E-state index in [-0.39, 0.29) is 4.32 Å². The van der Waals surface area contributed by atoms with Crippen LogP contribution in [0.4, 0.5) is 0 Å². The third kappa shape index (κ3) is 1.00. The summed E-state index contributed by atoms with van der Waals surface area (Å²) < 4.78 is 1.56. The van der Waals surface area contributed by atoms with Crippen molar-refractivity contribution in [2.24, 2.45) is 11.8 Å². The number of alkyl halides is 1. The monoisotopic (exact) mass is 266 g/mol. The maximum atomic E-state index is 3.73. The highest BCUT2D eigenvalue weighted by Gasteiger charge is 2.58. The molecule has 0 bridgehead atoms. The van der Waals surface area contributed by atoms with Crippen LogP contribution in [-0.2, 0) is 0 Å².